The summed E-state index contributed by atoms with van der Waals surface area (Å²) in [5.41, 5.74) is 2.03. The van der Waals surface area contributed by atoms with E-state index in [-0.39, 0.29) is 0 Å². The average molecular weight is 285 g/mol. The molecular weight excluding hydrogens is 262 g/mol. The van der Waals surface area contributed by atoms with Gasteiger partial charge in [0.15, 0.2) is 0 Å². The Morgan fingerprint density at radius 3 is 2.43 bits per heavy atom. The van der Waals surface area contributed by atoms with Crippen molar-refractivity contribution in [3.05, 3.63) is 35.4 Å². The molecule has 112 valence electrons. The van der Waals surface area contributed by atoms with Crippen LogP contribution in [0.4, 0.5) is 0 Å². The van der Waals surface area contributed by atoms with Gasteiger partial charge in [0, 0.05) is 45.9 Å². The summed E-state index contributed by atoms with van der Waals surface area (Å²) in [4.78, 5) is 5.03. The van der Waals surface area contributed by atoms with E-state index >= 15 is 0 Å². The second kappa shape index (κ2) is 7.04. The van der Waals surface area contributed by atoms with Crippen molar-refractivity contribution in [2.45, 2.75) is 25.5 Å². The third kappa shape index (κ3) is 4.04. The largest absolute Gasteiger partial charge is 0.377 e. The van der Waals surface area contributed by atoms with Crippen LogP contribution in [0.2, 0.25) is 0 Å². The zero-order valence-corrected chi connectivity index (χ0v) is 12.5. The van der Waals surface area contributed by atoms with Crippen molar-refractivity contribution in [2.75, 3.05) is 39.3 Å². The molecule has 2 aliphatic rings. The number of hydrogen-bond donors (Lipinski definition) is 0. The minimum absolute atomic E-state index is 0.468. The van der Waals surface area contributed by atoms with Gasteiger partial charge in [-0.1, -0.05) is 12.1 Å². The van der Waals surface area contributed by atoms with Crippen LogP contribution in [0.5, 0.6) is 0 Å². The van der Waals surface area contributed by atoms with Gasteiger partial charge in [-0.3, -0.25) is 9.80 Å². The zero-order chi connectivity index (χ0) is 14.5. The second-order valence-corrected chi connectivity index (χ2v) is 6.02. The second-order valence-electron chi connectivity index (χ2n) is 6.02. The van der Waals surface area contributed by atoms with Crippen molar-refractivity contribution in [3.63, 3.8) is 0 Å². The molecule has 4 heteroatoms. The third-order valence-electron chi connectivity index (χ3n) is 4.44. The van der Waals surface area contributed by atoms with Gasteiger partial charge in [0.1, 0.15) is 0 Å². The third-order valence-corrected chi connectivity index (χ3v) is 4.44. The maximum atomic E-state index is 8.82. The highest BCUT2D eigenvalue weighted by Gasteiger charge is 2.22. The van der Waals surface area contributed by atoms with E-state index in [1.165, 1.54) is 18.4 Å². The van der Waals surface area contributed by atoms with E-state index in [1.54, 1.807) is 0 Å². The lowest BCUT2D eigenvalue weighted by Crippen LogP contribution is -2.48. The summed E-state index contributed by atoms with van der Waals surface area (Å²) in [7, 11) is 0. The number of nitrogens with zero attached hydrogens (tertiary/aromatic N) is 3. The van der Waals surface area contributed by atoms with E-state index in [0.29, 0.717) is 6.10 Å². The molecule has 4 nitrogen and oxygen atoms in total. The highest BCUT2D eigenvalue weighted by molar-refractivity contribution is 5.31. The molecule has 1 unspecified atom stereocenters. The van der Waals surface area contributed by atoms with Crippen molar-refractivity contribution in [3.8, 4) is 6.07 Å². The van der Waals surface area contributed by atoms with Gasteiger partial charge in [-0.2, -0.15) is 5.26 Å². The summed E-state index contributed by atoms with van der Waals surface area (Å²) >= 11 is 0. The monoisotopic (exact) mass is 285 g/mol. The molecule has 1 aromatic rings. The van der Waals surface area contributed by atoms with Gasteiger partial charge in [-0.05, 0) is 30.5 Å². The van der Waals surface area contributed by atoms with Crippen molar-refractivity contribution in [1.82, 2.24) is 9.80 Å². The molecule has 1 aromatic carbocycles. The summed E-state index contributed by atoms with van der Waals surface area (Å²) in [6.07, 6.45) is 2.92. The van der Waals surface area contributed by atoms with Gasteiger partial charge < -0.3 is 4.74 Å². The maximum Gasteiger partial charge on any atom is 0.0991 e. The van der Waals surface area contributed by atoms with Crippen molar-refractivity contribution in [1.29, 1.82) is 5.26 Å². The number of benzene rings is 1. The predicted octanol–water partition coefficient (Wildman–Crippen LogP) is 1.85. The molecule has 1 atom stereocenters. The highest BCUT2D eigenvalue weighted by atomic mass is 16.5. The molecule has 0 N–H and O–H groups in total. The lowest BCUT2D eigenvalue weighted by Gasteiger charge is -2.35. The first-order valence-corrected chi connectivity index (χ1v) is 7.89. The van der Waals surface area contributed by atoms with Crippen LogP contribution in [-0.4, -0.2) is 55.2 Å². The maximum absolute atomic E-state index is 8.82. The van der Waals surface area contributed by atoms with Gasteiger partial charge in [0.05, 0.1) is 17.7 Å². The molecule has 0 saturated carbocycles. The van der Waals surface area contributed by atoms with Crippen molar-refractivity contribution in [2.24, 2.45) is 0 Å². The Morgan fingerprint density at radius 1 is 1.10 bits per heavy atom. The zero-order valence-electron chi connectivity index (χ0n) is 12.5. The SMILES string of the molecule is N#Cc1ccc(CN2CCN(CC3CCCO3)CC2)cc1. The fraction of sp³-hybridized carbons (Fsp3) is 0.588. The number of ether oxygens (including phenoxy) is 1. The van der Waals surface area contributed by atoms with Gasteiger partial charge in [0.25, 0.3) is 0 Å². The van der Waals surface area contributed by atoms with Crippen LogP contribution >= 0.6 is 0 Å². The molecule has 3 rings (SSSR count). The summed E-state index contributed by atoms with van der Waals surface area (Å²) in [5, 5.41) is 8.82. The first kappa shape index (κ1) is 14.5. The Kier molecular flexibility index (Phi) is 4.87. The van der Waals surface area contributed by atoms with Crippen molar-refractivity contribution < 1.29 is 4.74 Å². The number of nitriles is 1. The molecule has 2 heterocycles. The molecule has 0 amide bonds. The van der Waals surface area contributed by atoms with Crippen LogP contribution in [-0.2, 0) is 11.3 Å². The molecule has 0 aliphatic carbocycles. The lowest BCUT2D eigenvalue weighted by molar-refractivity contribution is 0.0489. The fourth-order valence-electron chi connectivity index (χ4n) is 3.15. The van der Waals surface area contributed by atoms with Gasteiger partial charge >= 0.3 is 0 Å². The quantitative estimate of drug-likeness (QED) is 0.846. The molecular formula is C17H23N3O. The summed E-state index contributed by atoms with van der Waals surface area (Å²) < 4.78 is 5.72. The Labute approximate surface area is 126 Å². The van der Waals surface area contributed by atoms with E-state index in [2.05, 4.69) is 28.0 Å². The Hall–Kier alpha value is -1.41. The molecule has 21 heavy (non-hydrogen) atoms. The van der Waals surface area contributed by atoms with Crippen LogP contribution in [0.1, 0.15) is 24.0 Å². The van der Waals surface area contributed by atoms with Crippen LogP contribution in [0, 0.1) is 11.3 Å². The van der Waals surface area contributed by atoms with E-state index in [9.17, 15) is 0 Å². The normalized spacial score (nSPS) is 24.0. The molecule has 0 bridgehead atoms. The van der Waals surface area contributed by atoms with Gasteiger partial charge in [0.2, 0.25) is 0 Å². The minimum Gasteiger partial charge on any atom is -0.377 e. The van der Waals surface area contributed by atoms with Gasteiger partial charge in [-0.25, -0.2) is 0 Å². The standard InChI is InChI=1S/C17H23N3O/c18-12-15-3-5-16(6-4-15)13-19-7-9-20(10-8-19)14-17-2-1-11-21-17/h3-6,17H,1-2,7-11,13-14H2. The van der Waals surface area contributed by atoms with Crippen molar-refractivity contribution >= 4 is 0 Å². The van der Waals surface area contributed by atoms with Crippen LogP contribution in [0.15, 0.2) is 24.3 Å². The first-order valence-electron chi connectivity index (χ1n) is 7.89. The van der Waals surface area contributed by atoms with Crippen LogP contribution < -0.4 is 0 Å². The molecule has 0 aromatic heterocycles. The Morgan fingerprint density at radius 2 is 1.81 bits per heavy atom. The number of piperazine rings is 1. The topological polar surface area (TPSA) is 39.5 Å². The highest BCUT2D eigenvalue weighted by Crippen LogP contribution is 2.15. The molecule has 2 fully saturated rings. The minimum atomic E-state index is 0.468. The summed E-state index contributed by atoms with van der Waals surface area (Å²) in [5.74, 6) is 0. The molecule has 2 aliphatic heterocycles. The van der Waals surface area contributed by atoms with E-state index < -0.39 is 0 Å². The number of rotatable bonds is 4. The first-order chi connectivity index (χ1) is 10.3. The lowest BCUT2D eigenvalue weighted by atomic mass is 10.1. The smallest absolute Gasteiger partial charge is 0.0991 e. The Bertz CT molecular complexity index is 480. The van der Waals surface area contributed by atoms with E-state index in [0.717, 1.165) is 51.4 Å². The predicted molar refractivity (Wildman–Crippen MR) is 81.8 cm³/mol. The van der Waals surface area contributed by atoms with E-state index in [1.807, 2.05) is 12.1 Å². The van der Waals surface area contributed by atoms with Crippen LogP contribution in [0.3, 0.4) is 0 Å². The molecule has 0 radical (unpaired) electrons. The molecule has 2 saturated heterocycles. The molecule has 0 spiro atoms. The summed E-state index contributed by atoms with van der Waals surface area (Å²) in [6.45, 7) is 7.54. The average Bonchev–Trinajstić information content (AvgIpc) is 3.03. The number of hydrogen-bond acceptors (Lipinski definition) is 4. The van der Waals surface area contributed by atoms with Gasteiger partial charge in [-0.15, -0.1) is 0 Å². The van der Waals surface area contributed by atoms with Crippen LogP contribution in [0.25, 0.3) is 0 Å². The van der Waals surface area contributed by atoms with E-state index in [4.69, 9.17) is 10.00 Å². The summed E-state index contributed by atoms with van der Waals surface area (Å²) in [6, 6.07) is 10.1. The Balaban J connectivity index is 1.43. The fourth-order valence-corrected chi connectivity index (χ4v) is 3.15.